The van der Waals surface area contributed by atoms with Crippen LogP contribution in [-0.4, -0.2) is 24.2 Å². The summed E-state index contributed by atoms with van der Waals surface area (Å²) in [6.07, 6.45) is 5.93. The minimum atomic E-state index is -4.10. The summed E-state index contributed by atoms with van der Waals surface area (Å²) >= 11 is 6.12. The minimum absolute atomic E-state index is 0.0467. The summed E-state index contributed by atoms with van der Waals surface area (Å²) in [5.74, 6) is -0.00352. The highest BCUT2D eigenvalue weighted by atomic mass is 35.5. The van der Waals surface area contributed by atoms with Gasteiger partial charge in [0.2, 0.25) is 5.89 Å². The number of anilines is 1. The molecule has 0 fully saturated rings. The molecule has 0 radical (unpaired) electrons. The van der Waals surface area contributed by atoms with E-state index in [0.29, 0.717) is 22.0 Å². The second kappa shape index (κ2) is 8.80. The van der Waals surface area contributed by atoms with Crippen molar-refractivity contribution in [3.63, 3.8) is 0 Å². The van der Waals surface area contributed by atoms with E-state index in [4.69, 9.17) is 16.0 Å². The lowest BCUT2D eigenvalue weighted by Gasteiger charge is -2.24. The van der Waals surface area contributed by atoms with E-state index < -0.39 is 15.4 Å². The average molecular weight is 482 g/mol. The van der Waals surface area contributed by atoms with Gasteiger partial charge in [-0.15, -0.1) is 0 Å². The van der Waals surface area contributed by atoms with Gasteiger partial charge in [-0.1, -0.05) is 29.8 Å². The maximum absolute atomic E-state index is 13.5. The molecule has 0 aliphatic carbocycles. The number of aromatic nitrogens is 2. The zero-order valence-electron chi connectivity index (χ0n) is 17.8. The topological polar surface area (TPSA) is 102 Å². The van der Waals surface area contributed by atoms with Crippen LogP contribution in [0.1, 0.15) is 41.2 Å². The fraction of sp³-hybridized carbons (Fsp3) is 0.125. The van der Waals surface area contributed by atoms with E-state index in [1.54, 1.807) is 30.3 Å². The van der Waals surface area contributed by atoms with E-state index in [1.165, 1.54) is 49.1 Å². The zero-order valence-corrected chi connectivity index (χ0v) is 19.4. The Hall–Kier alpha value is -3.49. The summed E-state index contributed by atoms with van der Waals surface area (Å²) in [6.45, 7) is 3.65. The van der Waals surface area contributed by atoms with Gasteiger partial charge in [-0.2, -0.15) is 0 Å². The van der Waals surface area contributed by atoms with E-state index >= 15 is 0 Å². The normalized spacial score (nSPS) is 11.8. The van der Waals surface area contributed by atoms with Crippen LogP contribution in [0.2, 0.25) is 5.02 Å². The second-order valence-corrected chi connectivity index (χ2v) is 9.91. The number of hydrogen-bond acceptors (Lipinski definition) is 6. The third kappa shape index (κ3) is 4.53. The minimum Gasteiger partial charge on any atom is -0.448 e. The Kier molecular flexibility index (Phi) is 6.05. The van der Waals surface area contributed by atoms with Gasteiger partial charge < -0.3 is 4.42 Å². The largest absolute Gasteiger partial charge is 0.448 e. The van der Waals surface area contributed by atoms with Gasteiger partial charge in [0.15, 0.2) is 5.78 Å². The molecule has 1 N–H and O–H groups in total. The summed E-state index contributed by atoms with van der Waals surface area (Å²) in [5, 5.41) is 0.306. The van der Waals surface area contributed by atoms with E-state index in [0.717, 1.165) is 0 Å². The van der Waals surface area contributed by atoms with Crippen molar-refractivity contribution in [2.24, 2.45) is 0 Å². The number of carbonyl (C=O) groups is 1. The van der Waals surface area contributed by atoms with Crippen LogP contribution in [0.15, 0.2) is 88.8 Å². The number of hydrogen-bond donors (Lipinski definition) is 1. The summed E-state index contributed by atoms with van der Waals surface area (Å²) in [7, 11) is -4.10. The SMILES string of the molecule is CC(C)(c1ncco1)c1ccccc1S(=O)(=O)Nc1ccc(Cl)cc1C(=O)c1ccncc1. The van der Waals surface area contributed by atoms with Gasteiger partial charge in [0.1, 0.15) is 6.26 Å². The van der Waals surface area contributed by atoms with Crippen molar-refractivity contribution in [1.82, 2.24) is 9.97 Å². The molecule has 0 bridgehead atoms. The molecule has 4 rings (SSSR count). The number of nitrogens with one attached hydrogen (secondary N) is 1. The number of halogens is 1. The van der Waals surface area contributed by atoms with Crippen LogP contribution in [-0.2, 0) is 15.4 Å². The van der Waals surface area contributed by atoms with Crippen LogP contribution in [0, 0.1) is 0 Å². The number of benzene rings is 2. The molecule has 0 amide bonds. The van der Waals surface area contributed by atoms with Crippen molar-refractivity contribution in [3.05, 3.63) is 107 Å². The number of carbonyl (C=O) groups excluding carboxylic acids is 1. The molecule has 2 aromatic heterocycles. The first-order chi connectivity index (χ1) is 15.7. The maximum Gasteiger partial charge on any atom is 0.262 e. The molecular weight excluding hydrogens is 462 g/mol. The van der Waals surface area contributed by atoms with Gasteiger partial charge in [-0.05, 0) is 55.8 Å². The third-order valence-electron chi connectivity index (χ3n) is 5.23. The molecular formula is C24H20ClN3O4S. The van der Waals surface area contributed by atoms with Crippen molar-refractivity contribution in [2.75, 3.05) is 4.72 Å². The van der Waals surface area contributed by atoms with Gasteiger partial charge in [0.25, 0.3) is 10.0 Å². The van der Waals surface area contributed by atoms with Crippen LogP contribution >= 0.6 is 11.6 Å². The lowest BCUT2D eigenvalue weighted by molar-refractivity contribution is 0.103. The molecule has 0 aliphatic heterocycles. The summed E-state index contributed by atoms with van der Waals surface area (Å²) in [4.78, 5) is 21.2. The van der Waals surface area contributed by atoms with Gasteiger partial charge >= 0.3 is 0 Å². The fourth-order valence-corrected chi connectivity index (χ4v) is 5.14. The maximum atomic E-state index is 13.5. The van der Waals surface area contributed by atoms with Gasteiger partial charge in [-0.25, -0.2) is 13.4 Å². The quantitative estimate of drug-likeness (QED) is 0.369. The molecule has 0 atom stereocenters. The highest BCUT2D eigenvalue weighted by molar-refractivity contribution is 7.92. The monoisotopic (exact) mass is 481 g/mol. The Morgan fingerprint density at radius 3 is 2.45 bits per heavy atom. The Labute approximate surface area is 196 Å². The number of pyridine rings is 1. The Bertz CT molecular complexity index is 1400. The van der Waals surface area contributed by atoms with Crippen molar-refractivity contribution < 1.29 is 17.6 Å². The van der Waals surface area contributed by atoms with Crippen LogP contribution in [0.5, 0.6) is 0 Å². The predicted octanol–water partition coefficient (Wildman–Crippen LogP) is 5.08. The molecule has 4 aromatic rings. The molecule has 0 unspecified atom stereocenters. The predicted molar refractivity (Wildman–Crippen MR) is 125 cm³/mol. The second-order valence-electron chi connectivity index (χ2n) is 7.82. The van der Waals surface area contributed by atoms with Crippen molar-refractivity contribution in [3.8, 4) is 0 Å². The third-order valence-corrected chi connectivity index (χ3v) is 6.89. The van der Waals surface area contributed by atoms with Crippen LogP contribution in [0.3, 0.4) is 0 Å². The van der Waals surface area contributed by atoms with E-state index in [2.05, 4.69) is 14.7 Å². The molecule has 2 aromatic carbocycles. The summed E-state index contributed by atoms with van der Waals surface area (Å²) in [5.41, 5.74) is 0.269. The first kappa shape index (κ1) is 22.7. The summed E-state index contributed by atoms with van der Waals surface area (Å²) in [6, 6.07) is 14.1. The molecule has 0 saturated heterocycles. The zero-order chi connectivity index (χ0) is 23.6. The Balaban J connectivity index is 1.77. The molecule has 2 heterocycles. The van der Waals surface area contributed by atoms with Crippen molar-refractivity contribution in [2.45, 2.75) is 24.2 Å². The Morgan fingerprint density at radius 2 is 1.76 bits per heavy atom. The number of rotatable bonds is 7. The lowest BCUT2D eigenvalue weighted by Crippen LogP contribution is -2.25. The number of oxazole rings is 1. The van der Waals surface area contributed by atoms with E-state index in [-0.39, 0.29) is 21.9 Å². The molecule has 33 heavy (non-hydrogen) atoms. The van der Waals surface area contributed by atoms with Gasteiger partial charge in [0.05, 0.1) is 22.2 Å². The highest BCUT2D eigenvalue weighted by Crippen LogP contribution is 2.35. The Morgan fingerprint density at radius 1 is 1.03 bits per heavy atom. The number of sulfonamides is 1. The van der Waals surface area contributed by atoms with E-state index in [9.17, 15) is 13.2 Å². The first-order valence-electron chi connectivity index (χ1n) is 9.97. The van der Waals surface area contributed by atoms with Crippen LogP contribution in [0.4, 0.5) is 5.69 Å². The molecule has 0 saturated carbocycles. The van der Waals surface area contributed by atoms with Crippen LogP contribution < -0.4 is 4.72 Å². The molecule has 168 valence electrons. The average Bonchev–Trinajstić information content (AvgIpc) is 3.36. The van der Waals surface area contributed by atoms with E-state index in [1.807, 2.05) is 13.8 Å². The first-order valence-corrected chi connectivity index (χ1v) is 11.8. The molecule has 0 spiro atoms. The smallest absolute Gasteiger partial charge is 0.262 e. The van der Waals surface area contributed by atoms with Gasteiger partial charge in [-0.3, -0.25) is 14.5 Å². The fourth-order valence-electron chi connectivity index (χ4n) is 3.52. The molecule has 0 aliphatic rings. The number of ketones is 1. The standard InChI is InChI=1S/C24H20ClN3O4S/c1-24(2,23-27-13-14-32-23)19-5-3-4-6-21(19)33(30,31)28-20-8-7-17(25)15-18(20)22(29)16-9-11-26-12-10-16/h3-15,28H,1-2H3. The lowest BCUT2D eigenvalue weighted by atomic mass is 9.84. The molecule has 9 heteroatoms. The molecule has 7 nitrogen and oxygen atoms in total. The number of nitrogens with zero attached hydrogens (tertiary/aromatic N) is 2. The summed E-state index contributed by atoms with van der Waals surface area (Å²) < 4.78 is 35.1. The van der Waals surface area contributed by atoms with Crippen LogP contribution in [0.25, 0.3) is 0 Å². The van der Waals surface area contributed by atoms with Crippen molar-refractivity contribution in [1.29, 1.82) is 0 Å². The highest BCUT2D eigenvalue weighted by Gasteiger charge is 2.34. The van der Waals surface area contributed by atoms with Gasteiger partial charge in [0, 0.05) is 28.5 Å². The van der Waals surface area contributed by atoms with Crippen molar-refractivity contribution >= 4 is 33.1 Å².